The number of nitrogens with one attached hydrogen (secondary N) is 1. The summed E-state index contributed by atoms with van der Waals surface area (Å²) in [5.41, 5.74) is -1.07. The molecule has 33 heavy (non-hydrogen) atoms. The number of piperazine rings is 1. The van der Waals surface area contributed by atoms with Crippen LogP contribution in [0.5, 0.6) is 0 Å². The van der Waals surface area contributed by atoms with Crippen LogP contribution in [0.3, 0.4) is 0 Å². The Morgan fingerprint density at radius 1 is 1.06 bits per heavy atom. The van der Waals surface area contributed by atoms with Crippen LogP contribution in [0.15, 0.2) is 23.2 Å². The summed E-state index contributed by atoms with van der Waals surface area (Å²) < 4.78 is 30.5. The number of ether oxygens (including phenoxy) is 3. The summed E-state index contributed by atoms with van der Waals surface area (Å²) in [6.07, 6.45) is -0.394. The van der Waals surface area contributed by atoms with Crippen LogP contribution in [-0.2, 0) is 19.0 Å². The molecule has 0 saturated carbocycles. The Balaban J connectivity index is 2.17. The second kappa shape index (κ2) is 10.2. The fraction of sp³-hybridized carbons (Fsp3) is 0.565. The fourth-order valence-corrected chi connectivity index (χ4v) is 3.35. The largest absolute Gasteiger partial charge is 0.481 e. The molecule has 0 atom stereocenters. The molecule has 0 aliphatic carbocycles. The molecule has 0 unspecified atom stereocenters. The number of amidine groups is 1. The molecular formula is C23H33FN4O5. The van der Waals surface area contributed by atoms with Crippen molar-refractivity contribution < 1.29 is 28.2 Å². The number of halogens is 1. The molecule has 1 fully saturated rings. The van der Waals surface area contributed by atoms with E-state index in [1.165, 1.54) is 32.2 Å². The van der Waals surface area contributed by atoms with Gasteiger partial charge in [-0.15, -0.1) is 0 Å². The van der Waals surface area contributed by atoms with Crippen LogP contribution in [0.25, 0.3) is 0 Å². The number of nitrogens with zero attached hydrogens (tertiary/aromatic N) is 3. The Morgan fingerprint density at radius 3 is 2.18 bits per heavy atom. The Hall–Kier alpha value is -3.17. The summed E-state index contributed by atoms with van der Waals surface area (Å²) in [6.45, 7) is 11.5. The summed E-state index contributed by atoms with van der Waals surface area (Å²) in [5.74, 6) is -1.07. The lowest BCUT2D eigenvalue weighted by atomic mass is 10.1. The van der Waals surface area contributed by atoms with Crippen LogP contribution >= 0.6 is 0 Å². The summed E-state index contributed by atoms with van der Waals surface area (Å²) in [5, 5.41) is 8.36. The van der Waals surface area contributed by atoms with Crippen molar-refractivity contribution in [3.8, 4) is 0 Å². The average molecular weight is 465 g/mol. The van der Waals surface area contributed by atoms with E-state index in [0.29, 0.717) is 37.4 Å². The number of esters is 1. The minimum atomic E-state index is -1.17. The third kappa shape index (κ3) is 7.16. The van der Waals surface area contributed by atoms with Gasteiger partial charge in [0.05, 0.1) is 12.8 Å². The first-order valence-electron chi connectivity index (χ1n) is 10.7. The lowest BCUT2D eigenvalue weighted by molar-refractivity contribution is -0.149. The molecular weight excluding hydrogens is 431 g/mol. The molecule has 1 amide bonds. The minimum Gasteiger partial charge on any atom is -0.481 e. The third-order valence-corrected chi connectivity index (χ3v) is 4.81. The van der Waals surface area contributed by atoms with Gasteiger partial charge in [-0.25, -0.2) is 9.18 Å². The van der Waals surface area contributed by atoms with Gasteiger partial charge in [0, 0.05) is 38.7 Å². The molecule has 1 aromatic rings. The van der Waals surface area contributed by atoms with Gasteiger partial charge in [-0.3, -0.25) is 10.2 Å². The number of carbonyl (C=O) groups is 2. The second-order valence-corrected chi connectivity index (χ2v) is 9.19. The van der Waals surface area contributed by atoms with Crippen molar-refractivity contribution in [3.05, 3.63) is 29.6 Å². The van der Waals surface area contributed by atoms with Crippen LogP contribution < -0.4 is 4.90 Å². The predicted octanol–water partition coefficient (Wildman–Crippen LogP) is 3.59. The second-order valence-electron chi connectivity index (χ2n) is 9.19. The topological polar surface area (TPSA) is 105 Å². The van der Waals surface area contributed by atoms with E-state index in [0.717, 1.165) is 0 Å². The number of aliphatic imine (C=N–C) groups is 1. The van der Waals surface area contributed by atoms with E-state index < -0.39 is 29.1 Å². The monoisotopic (exact) mass is 464 g/mol. The lowest BCUT2D eigenvalue weighted by Gasteiger charge is -2.37. The highest BCUT2D eigenvalue weighted by Gasteiger charge is 2.31. The quantitative estimate of drug-likeness (QED) is 0.415. The van der Waals surface area contributed by atoms with Crippen LogP contribution in [0, 0.1) is 11.2 Å². The number of hydrogen-bond donors (Lipinski definition) is 1. The van der Waals surface area contributed by atoms with Gasteiger partial charge in [0.25, 0.3) is 0 Å². The highest BCUT2D eigenvalue weighted by Crippen LogP contribution is 2.24. The van der Waals surface area contributed by atoms with Crippen molar-refractivity contribution in [2.75, 3.05) is 38.2 Å². The Bertz CT molecular complexity index is 931. The predicted molar refractivity (Wildman–Crippen MR) is 124 cm³/mol. The van der Waals surface area contributed by atoms with Gasteiger partial charge in [-0.1, -0.05) is 0 Å². The summed E-state index contributed by atoms with van der Waals surface area (Å²) in [4.78, 5) is 31.2. The van der Waals surface area contributed by atoms with E-state index in [1.54, 1.807) is 18.7 Å². The van der Waals surface area contributed by atoms with E-state index in [4.69, 9.17) is 19.6 Å². The number of hydrogen-bond acceptors (Lipinski definition) is 7. The van der Waals surface area contributed by atoms with Crippen LogP contribution in [0.1, 0.15) is 47.1 Å². The molecule has 2 rings (SSSR count). The van der Waals surface area contributed by atoms with Crippen molar-refractivity contribution in [3.63, 3.8) is 0 Å². The molecule has 0 aromatic heterocycles. The van der Waals surface area contributed by atoms with Crippen molar-refractivity contribution in [1.29, 1.82) is 5.41 Å². The van der Waals surface area contributed by atoms with E-state index in [1.807, 2.05) is 25.7 Å². The number of methoxy groups -OCH3 is 1. The zero-order valence-electron chi connectivity index (χ0n) is 20.3. The van der Waals surface area contributed by atoms with Crippen LogP contribution in [0.2, 0.25) is 0 Å². The maximum atomic E-state index is 14.6. The minimum absolute atomic E-state index is 0.0413. The van der Waals surface area contributed by atoms with E-state index in [2.05, 4.69) is 4.99 Å². The van der Waals surface area contributed by atoms with Gasteiger partial charge in [0.1, 0.15) is 11.4 Å². The number of anilines is 1. The molecule has 1 heterocycles. The van der Waals surface area contributed by atoms with Crippen molar-refractivity contribution in [2.24, 2.45) is 4.99 Å². The zero-order valence-corrected chi connectivity index (χ0v) is 20.3. The molecule has 1 aromatic carbocycles. The highest BCUT2D eigenvalue weighted by atomic mass is 19.1. The fourth-order valence-electron chi connectivity index (χ4n) is 3.35. The van der Waals surface area contributed by atoms with Crippen LogP contribution in [0.4, 0.5) is 14.9 Å². The van der Waals surface area contributed by atoms with Crippen LogP contribution in [-0.4, -0.2) is 73.2 Å². The van der Waals surface area contributed by atoms with Crippen molar-refractivity contribution >= 4 is 29.5 Å². The molecule has 0 spiro atoms. The molecule has 182 valence electrons. The average Bonchev–Trinajstić information content (AvgIpc) is 2.70. The highest BCUT2D eigenvalue weighted by molar-refractivity contribution is 6.05. The van der Waals surface area contributed by atoms with Gasteiger partial charge >= 0.3 is 12.1 Å². The molecule has 0 radical (unpaired) electrons. The van der Waals surface area contributed by atoms with Crippen molar-refractivity contribution in [2.45, 2.75) is 52.7 Å². The first-order chi connectivity index (χ1) is 15.2. The lowest BCUT2D eigenvalue weighted by Crippen LogP contribution is -2.50. The van der Waals surface area contributed by atoms with Gasteiger partial charge in [0.2, 0.25) is 5.90 Å². The normalized spacial score (nSPS) is 15.2. The molecule has 9 nitrogen and oxygen atoms in total. The van der Waals surface area contributed by atoms with E-state index >= 15 is 0 Å². The first kappa shape index (κ1) is 26.1. The molecule has 0 bridgehead atoms. The molecule has 1 saturated heterocycles. The molecule has 10 heteroatoms. The Morgan fingerprint density at radius 2 is 1.67 bits per heavy atom. The molecule has 1 N–H and O–H groups in total. The maximum Gasteiger partial charge on any atom is 0.410 e. The Kier molecular flexibility index (Phi) is 8.05. The first-order valence-corrected chi connectivity index (χ1v) is 10.7. The Labute approximate surface area is 194 Å². The van der Waals surface area contributed by atoms with Crippen molar-refractivity contribution in [1.82, 2.24) is 4.90 Å². The van der Waals surface area contributed by atoms with Gasteiger partial charge in [-0.2, -0.15) is 4.99 Å². The molecule has 1 aliphatic rings. The summed E-state index contributed by atoms with van der Waals surface area (Å²) >= 11 is 0. The smallest absolute Gasteiger partial charge is 0.410 e. The number of rotatable bonds is 4. The zero-order chi connectivity index (χ0) is 25.0. The summed E-state index contributed by atoms with van der Waals surface area (Å²) in [6, 6.07) is 4.27. The maximum absolute atomic E-state index is 14.6. The number of amides is 1. The standard InChI is InChI=1S/C23H33FN4O5/c1-15(29)32-23(5,6)20(31-7)26-19(25)16-8-9-17(24)18(14-16)27-10-12-28(13-11-27)21(30)33-22(2,3)4/h8-9,14,25H,10-13H2,1-7H3/b25-19?,26-20-. The molecule has 1 aliphatic heterocycles. The van der Waals surface area contributed by atoms with Gasteiger partial charge < -0.3 is 24.0 Å². The SMILES string of the molecule is CO/C(=N\C(=N)c1ccc(F)c(N2CCN(C(=O)OC(C)(C)C)CC2)c1)C(C)(C)OC(C)=O. The number of carbonyl (C=O) groups excluding carboxylic acids is 2. The number of benzene rings is 1. The van der Waals surface area contributed by atoms with Gasteiger partial charge in [-0.05, 0) is 52.8 Å². The van der Waals surface area contributed by atoms with E-state index in [-0.39, 0.29) is 11.7 Å². The summed E-state index contributed by atoms with van der Waals surface area (Å²) in [7, 11) is 1.37. The van der Waals surface area contributed by atoms with E-state index in [9.17, 15) is 14.0 Å². The van der Waals surface area contributed by atoms with Gasteiger partial charge in [0.15, 0.2) is 11.4 Å². The third-order valence-electron chi connectivity index (χ3n) is 4.81.